The van der Waals surface area contributed by atoms with Gasteiger partial charge in [-0.05, 0) is 42.8 Å². The molecule has 2 aromatic carbocycles. The number of hydrazine groups is 1. The molecular weight excluding hydrogens is 348 g/mol. The van der Waals surface area contributed by atoms with E-state index in [1.807, 2.05) is 25.1 Å². The van der Waals surface area contributed by atoms with Crippen LogP contribution in [0.5, 0.6) is 5.75 Å². The first-order valence-electron chi connectivity index (χ1n) is 6.59. The Balaban J connectivity index is 1.80. The van der Waals surface area contributed by atoms with Crippen LogP contribution in [0, 0.1) is 6.92 Å². The molecule has 0 saturated carbocycles. The van der Waals surface area contributed by atoms with Gasteiger partial charge in [0.15, 0.2) is 6.61 Å². The number of hydrogen-bond donors (Lipinski definition) is 2. The SMILES string of the molecule is Cc1cc(Br)ccc1OCC(=O)NNC(=O)c1ccccc1. The van der Waals surface area contributed by atoms with E-state index < -0.39 is 5.91 Å². The summed E-state index contributed by atoms with van der Waals surface area (Å²) in [5, 5.41) is 0. The lowest BCUT2D eigenvalue weighted by Crippen LogP contribution is -2.43. The summed E-state index contributed by atoms with van der Waals surface area (Å²) in [6.07, 6.45) is 0. The summed E-state index contributed by atoms with van der Waals surface area (Å²) in [5.41, 5.74) is 6.02. The van der Waals surface area contributed by atoms with Crippen LogP contribution in [0.15, 0.2) is 53.0 Å². The van der Waals surface area contributed by atoms with Gasteiger partial charge in [0.2, 0.25) is 0 Å². The third-order valence-electron chi connectivity index (χ3n) is 2.85. The number of aryl methyl sites for hydroxylation is 1. The summed E-state index contributed by atoms with van der Waals surface area (Å²) in [5.74, 6) is -0.201. The van der Waals surface area contributed by atoms with Gasteiger partial charge in [-0.15, -0.1) is 0 Å². The van der Waals surface area contributed by atoms with Gasteiger partial charge in [-0.25, -0.2) is 0 Å². The molecule has 2 amide bonds. The van der Waals surface area contributed by atoms with Crippen LogP contribution >= 0.6 is 15.9 Å². The zero-order valence-electron chi connectivity index (χ0n) is 11.9. The van der Waals surface area contributed by atoms with E-state index in [9.17, 15) is 9.59 Å². The highest BCUT2D eigenvalue weighted by Crippen LogP contribution is 2.21. The van der Waals surface area contributed by atoms with Gasteiger partial charge < -0.3 is 4.74 Å². The first-order valence-corrected chi connectivity index (χ1v) is 7.39. The molecule has 0 aliphatic rings. The zero-order valence-corrected chi connectivity index (χ0v) is 13.5. The van der Waals surface area contributed by atoms with E-state index in [0.717, 1.165) is 10.0 Å². The monoisotopic (exact) mass is 362 g/mol. The Morgan fingerprint density at radius 1 is 1.09 bits per heavy atom. The molecule has 0 saturated heterocycles. The van der Waals surface area contributed by atoms with Gasteiger partial charge in [-0.2, -0.15) is 0 Å². The second-order valence-corrected chi connectivity index (χ2v) is 5.48. The predicted octanol–water partition coefficient (Wildman–Crippen LogP) is 2.60. The van der Waals surface area contributed by atoms with Crippen molar-refractivity contribution in [1.29, 1.82) is 0 Å². The topological polar surface area (TPSA) is 67.4 Å². The first-order chi connectivity index (χ1) is 10.6. The minimum Gasteiger partial charge on any atom is -0.483 e. The van der Waals surface area contributed by atoms with Gasteiger partial charge in [0.1, 0.15) is 5.75 Å². The van der Waals surface area contributed by atoms with Crippen LogP contribution in [-0.2, 0) is 4.79 Å². The van der Waals surface area contributed by atoms with E-state index in [2.05, 4.69) is 26.8 Å². The van der Waals surface area contributed by atoms with E-state index in [1.165, 1.54) is 0 Å². The fourth-order valence-electron chi connectivity index (χ4n) is 1.74. The summed E-state index contributed by atoms with van der Waals surface area (Å²) in [6, 6.07) is 14.1. The molecule has 22 heavy (non-hydrogen) atoms. The van der Waals surface area contributed by atoms with Crippen LogP contribution in [0.4, 0.5) is 0 Å². The summed E-state index contributed by atoms with van der Waals surface area (Å²) in [6.45, 7) is 1.70. The summed E-state index contributed by atoms with van der Waals surface area (Å²) >= 11 is 3.36. The highest BCUT2D eigenvalue weighted by molar-refractivity contribution is 9.10. The van der Waals surface area contributed by atoms with Crippen LogP contribution in [0.3, 0.4) is 0 Å². The van der Waals surface area contributed by atoms with Crippen LogP contribution in [0.25, 0.3) is 0 Å². The first kappa shape index (κ1) is 16.0. The van der Waals surface area contributed by atoms with Gasteiger partial charge in [-0.1, -0.05) is 34.1 Å². The fourth-order valence-corrected chi connectivity index (χ4v) is 2.22. The van der Waals surface area contributed by atoms with Crippen molar-refractivity contribution in [2.24, 2.45) is 0 Å². The van der Waals surface area contributed by atoms with Crippen LogP contribution in [0.1, 0.15) is 15.9 Å². The molecule has 0 fully saturated rings. The standard InChI is InChI=1S/C16H15BrN2O3/c1-11-9-13(17)7-8-14(11)22-10-15(20)18-19-16(21)12-5-3-2-4-6-12/h2-9H,10H2,1H3,(H,18,20)(H,19,21). The number of carbonyl (C=O) groups excluding carboxylic acids is 2. The van der Waals surface area contributed by atoms with Gasteiger partial charge in [0, 0.05) is 10.0 Å². The van der Waals surface area contributed by atoms with Crippen LogP contribution in [0.2, 0.25) is 0 Å². The molecule has 0 heterocycles. The quantitative estimate of drug-likeness (QED) is 0.821. The average Bonchev–Trinajstić information content (AvgIpc) is 2.52. The van der Waals surface area contributed by atoms with Gasteiger partial charge in [0.05, 0.1) is 0 Å². The van der Waals surface area contributed by atoms with Crippen LogP contribution < -0.4 is 15.6 Å². The van der Waals surface area contributed by atoms with Crippen LogP contribution in [-0.4, -0.2) is 18.4 Å². The Labute approximate surface area is 136 Å². The van der Waals surface area contributed by atoms with Crippen molar-refractivity contribution < 1.29 is 14.3 Å². The molecule has 0 aromatic heterocycles. The maximum Gasteiger partial charge on any atom is 0.276 e. The predicted molar refractivity (Wildman–Crippen MR) is 86.4 cm³/mol. The van der Waals surface area contributed by atoms with Gasteiger partial charge >= 0.3 is 0 Å². The summed E-state index contributed by atoms with van der Waals surface area (Å²) < 4.78 is 6.35. The minimum absolute atomic E-state index is 0.183. The van der Waals surface area contributed by atoms with Crippen molar-refractivity contribution in [2.45, 2.75) is 6.92 Å². The van der Waals surface area contributed by atoms with Gasteiger partial charge in [-0.3, -0.25) is 20.4 Å². The second kappa shape index (κ2) is 7.61. The lowest BCUT2D eigenvalue weighted by molar-refractivity contribution is -0.123. The Hall–Kier alpha value is -2.34. The van der Waals surface area contributed by atoms with Crippen molar-refractivity contribution in [3.8, 4) is 5.75 Å². The van der Waals surface area contributed by atoms with Crippen molar-refractivity contribution in [3.63, 3.8) is 0 Å². The smallest absolute Gasteiger partial charge is 0.276 e. The van der Waals surface area contributed by atoms with Crippen molar-refractivity contribution in [3.05, 3.63) is 64.1 Å². The maximum absolute atomic E-state index is 11.7. The van der Waals surface area contributed by atoms with Gasteiger partial charge in [0.25, 0.3) is 11.8 Å². The number of amides is 2. The third kappa shape index (κ3) is 4.60. The summed E-state index contributed by atoms with van der Waals surface area (Å²) in [7, 11) is 0. The zero-order chi connectivity index (χ0) is 15.9. The number of hydrogen-bond acceptors (Lipinski definition) is 3. The van der Waals surface area contributed by atoms with Crippen molar-refractivity contribution in [2.75, 3.05) is 6.61 Å². The largest absolute Gasteiger partial charge is 0.483 e. The lowest BCUT2D eigenvalue weighted by atomic mass is 10.2. The number of carbonyl (C=O) groups is 2. The Morgan fingerprint density at radius 3 is 2.50 bits per heavy atom. The second-order valence-electron chi connectivity index (χ2n) is 4.57. The molecular formula is C16H15BrN2O3. The van der Waals surface area contributed by atoms with E-state index in [1.54, 1.807) is 30.3 Å². The number of ether oxygens (including phenoxy) is 1. The third-order valence-corrected chi connectivity index (χ3v) is 3.34. The van der Waals surface area contributed by atoms with E-state index >= 15 is 0 Å². The lowest BCUT2D eigenvalue weighted by Gasteiger charge is -2.10. The maximum atomic E-state index is 11.7. The van der Waals surface area contributed by atoms with Crippen molar-refractivity contribution in [1.82, 2.24) is 10.9 Å². The fraction of sp³-hybridized carbons (Fsp3) is 0.125. The molecule has 114 valence electrons. The molecule has 0 radical (unpaired) electrons. The molecule has 2 aromatic rings. The molecule has 0 aliphatic heterocycles. The molecule has 0 spiro atoms. The Kier molecular flexibility index (Phi) is 5.55. The molecule has 0 bridgehead atoms. The molecule has 2 rings (SSSR count). The van der Waals surface area contributed by atoms with E-state index in [0.29, 0.717) is 11.3 Å². The average molecular weight is 363 g/mol. The molecule has 0 aliphatic carbocycles. The number of nitrogens with one attached hydrogen (secondary N) is 2. The minimum atomic E-state index is -0.438. The molecule has 0 unspecified atom stereocenters. The number of benzene rings is 2. The normalized spacial score (nSPS) is 9.91. The molecule has 5 nitrogen and oxygen atoms in total. The molecule has 6 heteroatoms. The van der Waals surface area contributed by atoms with Crippen molar-refractivity contribution >= 4 is 27.7 Å². The highest BCUT2D eigenvalue weighted by Gasteiger charge is 2.08. The summed E-state index contributed by atoms with van der Waals surface area (Å²) in [4.78, 5) is 23.4. The number of halogens is 1. The Bertz CT molecular complexity index is 674. The molecule has 0 atom stereocenters. The van der Waals surface area contributed by atoms with E-state index in [-0.39, 0.29) is 12.5 Å². The molecule has 2 N–H and O–H groups in total. The Morgan fingerprint density at radius 2 is 1.82 bits per heavy atom. The highest BCUT2D eigenvalue weighted by atomic mass is 79.9. The number of rotatable bonds is 4. The van der Waals surface area contributed by atoms with E-state index in [4.69, 9.17) is 4.74 Å².